The molecular formula is C23H25N3O2. The van der Waals surface area contributed by atoms with Gasteiger partial charge in [-0.15, -0.1) is 0 Å². The summed E-state index contributed by atoms with van der Waals surface area (Å²) in [5.41, 5.74) is 3.65. The normalized spacial score (nSPS) is 17.5. The van der Waals surface area contributed by atoms with Gasteiger partial charge < -0.3 is 14.6 Å². The Morgan fingerprint density at radius 1 is 1.25 bits per heavy atom. The summed E-state index contributed by atoms with van der Waals surface area (Å²) < 4.78 is 8.12. The second-order valence-corrected chi connectivity index (χ2v) is 8.07. The molecule has 0 radical (unpaired) electrons. The first kappa shape index (κ1) is 18.3. The lowest BCUT2D eigenvalue weighted by molar-refractivity contribution is 0.0619. The number of fused-ring (bicyclic) bond motifs is 1. The van der Waals surface area contributed by atoms with Crippen molar-refractivity contribution < 1.29 is 9.53 Å². The molecule has 1 unspecified atom stereocenters. The summed E-state index contributed by atoms with van der Waals surface area (Å²) in [6.07, 6.45) is 6.20. The first-order chi connectivity index (χ1) is 13.4. The number of nitrogens with one attached hydrogen (secondary N) is 1. The fourth-order valence-electron chi connectivity index (χ4n) is 3.68. The van der Waals surface area contributed by atoms with Crippen LogP contribution in [0.2, 0.25) is 0 Å². The monoisotopic (exact) mass is 375 g/mol. The number of ether oxygens (including phenoxy) is 1. The highest BCUT2D eigenvalue weighted by atomic mass is 16.5. The molecular weight excluding hydrogens is 350 g/mol. The van der Waals surface area contributed by atoms with Gasteiger partial charge >= 0.3 is 0 Å². The van der Waals surface area contributed by atoms with Gasteiger partial charge in [-0.3, -0.25) is 4.79 Å². The molecule has 0 bridgehead atoms. The van der Waals surface area contributed by atoms with Gasteiger partial charge in [-0.05, 0) is 50.1 Å². The van der Waals surface area contributed by atoms with Crippen molar-refractivity contribution in [3.63, 3.8) is 0 Å². The second-order valence-electron chi connectivity index (χ2n) is 8.07. The van der Waals surface area contributed by atoms with Gasteiger partial charge in [-0.25, -0.2) is 4.98 Å². The molecule has 2 heterocycles. The van der Waals surface area contributed by atoms with E-state index in [0.29, 0.717) is 5.56 Å². The lowest BCUT2D eigenvalue weighted by Gasteiger charge is -2.38. The van der Waals surface area contributed by atoms with Crippen molar-refractivity contribution >= 4 is 5.91 Å². The third-order valence-corrected chi connectivity index (χ3v) is 5.07. The van der Waals surface area contributed by atoms with Gasteiger partial charge in [0.15, 0.2) is 0 Å². The van der Waals surface area contributed by atoms with E-state index in [4.69, 9.17) is 4.74 Å². The molecule has 1 atom stereocenters. The van der Waals surface area contributed by atoms with Crippen LogP contribution in [0.4, 0.5) is 0 Å². The maximum absolute atomic E-state index is 12.9. The molecule has 144 valence electrons. The van der Waals surface area contributed by atoms with Crippen LogP contribution in [0.5, 0.6) is 5.75 Å². The van der Waals surface area contributed by atoms with E-state index in [1.54, 1.807) is 12.5 Å². The van der Waals surface area contributed by atoms with E-state index in [9.17, 15) is 4.79 Å². The molecule has 0 saturated heterocycles. The first-order valence-electron chi connectivity index (χ1n) is 9.55. The Kier molecular flexibility index (Phi) is 4.67. The molecule has 0 fully saturated rings. The van der Waals surface area contributed by atoms with Crippen LogP contribution in [-0.2, 0) is 6.54 Å². The average molecular weight is 375 g/mol. The highest BCUT2D eigenvalue weighted by Gasteiger charge is 2.34. The summed E-state index contributed by atoms with van der Waals surface area (Å²) in [6, 6.07) is 13.8. The van der Waals surface area contributed by atoms with Crippen LogP contribution in [0, 0.1) is 6.92 Å². The molecule has 0 aliphatic carbocycles. The Labute approximate surface area is 165 Å². The molecule has 1 aliphatic rings. The summed E-state index contributed by atoms with van der Waals surface area (Å²) >= 11 is 0. The number of hydrogen-bond donors (Lipinski definition) is 1. The lowest BCUT2D eigenvalue weighted by Crippen LogP contribution is -2.41. The number of aryl methyl sites for hydroxylation is 1. The second kappa shape index (κ2) is 7.15. The Hall–Kier alpha value is -3.08. The summed E-state index contributed by atoms with van der Waals surface area (Å²) in [6.45, 7) is 6.90. The van der Waals surface area contributed by atoms with Crippen molar-refractivity contribution in [2.24, 2.45) is 0 Å². The third kappa shape index (κ3) is 3.93. The van der Waals surface area contributed by atoms with Crippen LogP contribution in [0.3, 0.4) is 0 Å². The van der Waals surface area contributed by atoms with E-state index in [1.165, 1.54) is 0 Å². The minimum Gasteiger partial charge on any atom is -0.487 e. The van der Waals surface area contributed by atoms with Crippen molar-refractivity contribution in [3.05, 3.63) is 83.4 Å². The first-order valence-corrected chi connectivity index (χ1v) is 9.55. The van der Waals surface area contributed by atoms with E-state index >= 15 is 0 Å². The molecule has 1 N–H and O–H groups in total. The van der Waals surface area contributed by atoms with Gasteiger partial charge in [0.05, 0.1) is 12.4 Å². The summed E-state index contributed by atoms with van der Waals surface area (Å²) in [4.78, 5) is 16.9. The Morgan fingerprint density at radius 2 is 2.04 bits per heavy atom. The Bertz CT molecular complexity index is 976. The Balaban J connectivity index is 1.50. The maximum Gasteiger partial charge on any atom is 0.251 e. The van der Waals surface area contributed by atoms with Crippen LogP contribution in [0.25, 0.3) is 0 Å². The number of nitrogens with zero attached hydrogens (tertiary/aromatic N) is 2. The van der Waals surface area contributed by atoms with Crippen LogP contribution < -0.4 is 10.1 Å². The zero-order valence-electron chi connectivity index (χ0n) is 16.5. The number of benzene rings is 2. The Morgan fingerprint density at radius 3 is 2.75 bits per heavy atom. The van der Waals surface area contributed by atoms with Crippen LogP contribution in [-0.4, -0.2) is 21.1 Å². The van der Waals surface area contributed by atoms with Crippen molar-refractivity contribution in [1.29, 1.82) is 0 Å². The number of amides is 1. The zero-order chi connectivity index (χ0) is 19.7. The van der Waals surface area contributed by atoms with Gasteiger partial charge in [0.25, 0.3) is 5.91 Å². The molecule has 0 saturated carbocycles. The fraction of sp³-hybridized carbons (Fsp3) is 0.304. The van der Waals surface area contributed by atoms with Gasteiger partial charge in [-0.2, -0.15) is 0 Å². The topological polar surface area (TPSA) is 56.1 Å². The molecule has 1 amide bonds. The molecule has 1 aliphatic heterocycles. The van der Waals surface area contributed by atoms with E-state index in [2.05, 4.69) is 36.3 Å². The lowest BCUT2D eigenvalue weighted by atomic mass is 9.89. The SMILES string of the molecule is Cc1ccc2c(c1)OC(C)(C)CC2NC(=O)c1ccc(Cn2ccnc2)cc1. The molecule has 5 nitrogen and oxygen atoms in total. The van der Waals surface area contributed by atoms with Crippen LogP contribution >= 0.6 is 0 Å². The summed E-state index contributed by atoms with van der Waals surface area (Å²) in [5.74, 6) is 0.792. The minimum atomic E-state index is -0.326. The standard InChI is InChI=1S/C23H25N3O2/c1-16-4-9-19-20(13-23(2,3)28-21(19)12-16)25-22(27)18-7-5-17(6-8-18)14-26-11-10-24-15-26/h4-12,15,20H,13-14H2,1-3H3,(H,25,27). The largest absolute Gasteiger partial charge is 0.487 e. The number of rotatable bonds is 4. The highest BCUT2D eigenvalue weighted by Crippen LogP contribution is 2.40. The smallest absolute Gasteiger partial charge is 0.251 e. The quantitative estimate of drug-likeness (QED) is 0.741. The number of carbonyl (C=O) groups excluding carboxylic acids is 1. The fourth-order valence-corrected chi connectivity index (χ4v) is 3.68. The number of hydrogen-bond acceptors (Lipinski definition) is 3. The molecule has 28 heavy (non-hydrogen) atoms. The van der Waals surface area contributed by atoms with Crippen molar-refractivity contribution in [3.8, 4) is 5.75 Å². The summed E-state index contributed by atoms with van der Waals surface area (Å²) in [5, 5.41) is 3.20. The predicted octanol–water partition coefficient (Wildman–Crippen LogP) is 4.27. The van der Waals surface area contributed by atoms with E-state index < -0.39 is 0 Å². The van der Waals surface area contributed by atoms with E-state index in [-0.39, 0.29) is 17.6 Å². The van der Waals surface area contributed by atoms with E-state index in [0.717, 1.165) is 35.4 Å². The predicted molar refractivity (Wildman–Crippen MR) is 108 cm³/mol. The minimum absolute atomic E-state index is 0.0663. The maximum atomic E-state index is 12.9. The molecule has 1 aromatic heterocycles. The highest BCUT2D eigenvalue weighted by molar-refractivity contribution is 5.94. The molecule has 5 heteroatoms. The molecule has 2 aromatic carbocycles. The van der Waals surface area contributed by atoms with Gasteiger partial charge in [0.1, 0.15) is 11.4 Å². The van der Waals surface area contributed by atoms with Gasteiger partial charge in [0, 0.05) is 36.5 Å². The summed E-state index contributed by atoms with van der Waals surface area (Å²) in [7, 11) is 0. The van der Waals surface area contributed by atoms with Gasteiger partial charge in [0.2, 0.25) is 0 Å². The third-order valence-electron chi connectivity index (χ3n) is 5.07. The van der Waals surface area contributed by atoms with E-state index in [1.807, 2.05) is 48.0 Å². The van der Waals surface area contributed by atoms with Crippen molar-refractivity contribution in [2.75, 3.05) is 0 Å². The number of imidazole rings is 1. The molecule has 4 rings (SSSR count). The zero-order valence-corrected chi connectivity index (χ0v) is 16.5. The number of aromatic nitrogens is 2. The average Bonchev–Trinajstić information content (AvgIpc) is 3.14. The van der Waals surface area contributed by atoms with Crippen LogP contribution in [0.15, 0.2) is 61.2 Å². The van der Waals surface area contributed by atoms with Gasteiger partial charge in [-0.1, -0.05) is 24.3 Å². The number of carbonyl (C=O) groups is 1. The van der Waals surface area contributed by atoms with Crippen molar-refractivity contribution in [2.45, 2.75) is 45.4 Å². The molecule has 3 aromatic rings. The van der Waals surface area contributed by atoms with Crippen LogP contribution in [0.1, 0.15) is 53.4 Å². The molecule has 0 spiro atoms. The van der Waals surface area contributed by atoms with Crippen molar-refractivity contribution in [1.82, 2.24) is 14.9 Å².